The van der Waals surface area contributed by atoms with E-state index >= 15 is 0 Å². The number of halogens is 2. The Morgan fingerprint density at radius 3 is 2.79 bits per heavy atom. The van der Waals surface area contributed by atoms with Gasteiger partial charge in [0.1, 0.15) is 16.4 Å². The molecule has 4 aromatic heterocycles. The molecule has 11 heteroatoms. The van der Waals surface area contributed by atoms with Gasteiger partial charge in [-0.1, -0.05) is 23.7 Å². The van der Waals surface area contributed by atoms with Crippen molar-refractivity contribution in [1.29, 1.82) is 0 Å². The van der Waals surface area contributed by atoms with Crippen molar-refractivity contribution in [2.45, 2.75) is 26.9 Å². The van der Waals surface area contributed by atoms with Crippen LogP contribution < -0.4 is 5.32 Å². The van der Waals surface area contributed by atoms with Crippen molar-refractivity contribution in [2.75, 3.05) is 5.32 Å². The summed E-state index contributed by atoms with van der Waals surface area (Å²) in [4.78, 5) is 17.4. The number of nitrogens with zero attached hydrogens (tertiary/aromatic N) is 7. The summed E-state index contributed by atoms with van der Waals surface area (Å²) in [7, 11) is 0. The zero-order chi connectivity index (χ0) is 23.8. The molecule has 0 aliphatic heterocycles. The van der Waals surface area contributed by atoms with Crippen LogP contribution in [0, 0.1) is 12.7 Å². The molecule has 34 heavy (non-hydrogen) atoms. The fourth-order valence-electron chi connectivity index (χ4n) is 3.75. The molecule has 5 rings (SSSR count). The Hall–Kier alpha value is -4.05. The summed E-state index contributed by atoms with van der Waals surface area (Å²) in [6, 6.07) is 8.03. The quantitative estimate of drug-likeness (QED) is 0.394. The van der Waals surface area contributed by atoms with Crippen molar-refractivity contribution in [3.8, 4) is 11.3 Å². The lowest BCUT2D eigenvalue weighted by Crippen LogP contribution is -2.13. The topological polar surface area (TPSA) is 94.9 Å². The summed E-state index contributed by atoms with van der Waals surface area (Å²) in [5.74, 6) is -0.585. The molecule has 0 saturated carbocycles. The number of hydrogen-bond acceptors (Lipinski definition) is 5. The third-order valence-electron chi connectivity index (χ3n) is 5.37. The van der Waals surface area contributed by atoms with E-state index in [0.717, 1.165) is 29.1 Å². The summed E-state index contributed by atoms with van der Waals surface area (Å²) >= 11 is 6.29. The molecule has 5 aromatic rings. The van der Waals surface area contributed by atoms with Crippen molar-refractivity contribution in [3.05, 3.63) is 82.8 Å². The van der Waals surface area contributed by atoms with Crippen LogP contribution in [-0.4, -0.2) is 40.1 Å². The van der Waals surface area contributed by atoms with Gasteiger partial charge >= 0.3 is 0 Å². The normalized spacial score (nSPS) is 11.3. The third kappa shape index (κ3) is 4.03. The SMILES string of the molecule is CCn1cc(-c2ccnc3c(C(=O)Nc4nn(Cc5cccc(F)c5)cc4Cl)cnn23)c(C)n1. The highest BCUT2D eigenvalue weighted by Gasteiger charge is 2.20. The van der Waals surface area contributed by atoms with Crippen LogP contribution >= 0.6 is 11.6 Å². The van der Waals surface area contributed by atoms with Crippen LogP contribution in [0.5, 0.6) is 0 Å². The van der Waals surface area contributed by atoms with E-state index in [2.05, 4.69) is 25.6 Å². The van der Waals surface area contributed by atoms with Gasteiger partial charge in [0.15, 0.2) is 11.5 Å². The lowest BCUT2D eigenvalue weighted by Gasteiger charge is -2.04. The number of aryl methyl sites for hydroxylation is 2. The van der Waals surface area contributed by atoms with Gasteiger partial charge in [0.05, 0.1) is 24.1 Å². The minimum atomic E-state index is -0.446. The van der Waals surface area contributed by atoms with Gasteiger partial charge in [0.25, 0.3) is 5.91 Å². The van der Waals surface area contributed by atoms with Crippen LogP contribution in [0.15, 0.2) is 55.1 Å². The molecule has 0 fully saturated rings. The number of amides is 1. The molecule has 172 valence electrons. The van der Waals surface area contributed by atoms with Gasteiger partial charge in [-0.15, -0.1) is 0 Å². The van der Waals surface area contributed by atoms with Crippen molar-refractivity contribution in [2.24, 2.45) is 0 Å². The van der Waals surface area contributed by atoms with Gasteiger partial charge in [-0.05, 0) is 37.6 Å². The summed E-state index contributed by atoms with van der Waals surface area (Å²) in [6.07, 6.45) is 6.60. The molecule has 0 bridgehead atoms. The Morgan fingerprint density at radius 2 is 2.03 bits per heavy atom. The van der Waals surface area contributed by atoms with Crippen molar-refractivity contribution in [1.82, 2.24) is 34.2 Å². The molecular weight excluding hydrogens is 459 g/mol. The van der Waals surface area contributed by atoms with Gasteiger partial charge in [0.2, 0.25) is 0 Å². The number of carbonyl (C=O) groups excluding carboxylic acids is 1. The van der Waals surface area contributed by atoms with Crippen LogP contribution in [0.25, 0.3) is 16.9 Å². The molecule has 4 heterocycles. The lowest BCUT2D eigenvalue weighted by atomic mass is 10.2. The number of fused-ring (bicyclic) bond motifs is 1. The number of benzene rings is 1. The van der Waals surface area contributed by atoms with Crippen molar-refractivity contribution in [3.63, 3.8) is 0 Å². The molecule has 0 spiro atoms. The second-order valence-electron chi connectivity index (χ2n) is 7.71. The lowest BCUT2D eigenvalue weighted by molar-refractivity contribution is 0.102. The standard InChI is InChI=1S/C23H20ClFN8O/c1-3-31-12-18(14(2)29-31)20-7-8-26-22-17(10-27-33(20)22)23(34)28-21-19(24)13-32(30-21)11-15-5-4-6-16(25)9-15/h4-10,12-13H,3,11H2,1-2H3,(H,28,30,34). The number of aromatic nitrogens is 7. The predicted octanol–water partition coefficient (Wildman–Crippen LogP) is 4.21. The van der Waals surface area contributed by atoms with Gasteiger partial charge in [-0.25, -0.2) is 13.9 Å². The number of anilines is 1. The summed E-state index contributed by atoms with van der Waals surface area (Å²) in [5.41, 5.74) is 3.93. The molecule has 1 amide bonds. The highest BCUT2D eigenvalue weighted by Crippen LogP contribution is 2.25. The molecule has 9 nitrogen and oxygen atoms in total. The zero-order valence-corrected chi connectivity index (χ0v) is 19.2. The zero-order valence-electron chi connectivity index (χ0n) is 18.4. The fraction of sp³-hybridized carbons (Fsp3) is 0.174. The Morgan fingerprint density at radius 1 is 1.18 bits per heavy atom. The number of nitrogens with one attached hydrogen (secondary N) is 1. The average molecular weight is 479 g/mol. The molecule has 0 aliphatic carbocycles. The molecule has 0 saturated heterocycles. The van der Waals surface area contributed by atoms with Gasteiger partial charge in [-0.3, -0.25) is 14.2 Å². The largest absolute Gasteiger partial charge is 0.304 e. The fourth-order valence-corrected chi connectivity index (χ4v) is 3.94. The molecule has 1 aromatic carbocycles. The first-order valence-electron chi connectivity index (χ1n) is 10.6. The maximum atomic E-state index is 13.5. The molecule has 0 atom stereocenters. The van der Waals surface area contributed by atoms with E-state index in [9.17, 15) is 9.18 Å². The van der Waals surface area contributed by atoms with E-state index in [-0.39, 0.29) is 22.2 Å². The van der Waals surface area contributed by atoms with Crippen LogP contribution in [0.4, 0.5) is 10.2 Å². The maximum absolute atomic E-state index is 13.5. The average Bonchev–Trinajstić information content (AvgIpc) is 3.50. The first-order valence-corrected chi connectivity index (χ1v) is 11.0. The molecular formula is C23H20ClFN8O. The molecule has 0 unspecified atom stereocenters. The summed E-state index contributed by atoms with van der Waals surface area (Å²) in [5, 5.41) is 16.2. The van der Waals surface area contributed by atoms with E-state index in [1.165, 1.54) is 23.0 Å². The predicted molar refractivity (Wildman–Crippen MR) is 125 cm³/mol. The summed E-state index contributed by atoms with van der Waals surface area (Å²) < 4.78 is 18.5. The Balaban J connectivity index is 1.41. The number of carbonyl (C=O) groups is 1. The van der Waals surface area contributed by atoms with Crippen molar-refractivity contribution >= 4 is 29.0 Å². The Kier molecular flexibility index (Phi) is 5.58. The van der Waals surface area contributed by atoms with E-state index in [1.54, 1.807) is 29.0 Å². The highest BCUT2D eigenvalue weighted by atomic mass is 35.5. The minimum Gasteiger partial charge on any atom is -0.304 e. The van der Waals surface area contributed by atoms with E-state index < -0.39 is 5.91 Å². The minimum absolute atomic E-state index is 0.193. The molecule has 0 aliphatic rings. The first-order chi connectivity index (χ1) is 16.4. The van der Waals surface area contributed by atoms with Crippen molar-refractivity contribution < 1.29 is 9.18 Å². The smallest absolute Gasteiger partial charge is 0.262 e. The Bertz CT molecular complexity index is 1520. The van der Waals surface area contributed by atoms with Crippen LogP contribution in [0.2, 0.25) is 5.02 Å². The van der Waals surface area contributed by atoms with Gasteiger partial charge in [-0.2, -0.15) is 15.3 Å². The van der Waals surface area contributed by atoms with Crippen LogP contribution in [0.1, 0.15) is 28.5 Å². The summed E-state index contributed by atoms with van der Waals surface area (Å²) in [6.45, 7) is 4.99. The second-order valence-corrected chi connectivity index (χ2v) is 8.12. The van der Waals surface area contributed by atoms with E-state index in [4.69, 9.17) is 11.6 Å². The van der Waals surface area contributed by atoms with E-state index in [1.807, 2.05) is 30.8 Å². The number of hydrogen-bond donors (Lipinski definition) is 1. The van der Waals surface area contributed by atoms with Gasteiger partial charge in [0, 0.05) is 30.7 Å². The second kappa shape index (κ2) is 8.71. The van der Waals surface area contributed by atoms with Gasteiger partial charge < -0.3 is 5.32 Å². The highest BCUT2D eigenvalue weighted by molar-refractivity contribution is 6.33. The maximum Gasteiger partial charge on any atom is 0.262 e. The number of rotatable bonds is 6. The monoisotopic (exact) mass is 478 g/mol. The molecule has 1 N–H and O–H groups in total. The van der Waals surface area contributed by atoms with Crippen LogP contribution in [0.3, 0.4) is 0 Å². The van der Waals surface area contributed by atoms with Crippen LogP contribution in [-0.2, 0) is 13.1 Å². The third-order valence-corrected chi connectivity index (χ3v) is 5.65. The first kappa shape index (κ1) is 21.8. The molecule has 0 radical (unpaired) electrons. The Labute approximate surface area is 198 Å². The van der Waals surface area contributed by atoms with E-state index in [0.29, 0.717) is 12.2 Å².